The van der Waals surface area contributed by atoms with Crippen LogP contribution in [-0.2, 0) is 4.79 Å². The molecule has 26 heavy (non-hydrogen) atoms. The Kier molecular flexibility index (Phi) is 3.54. The zero-order valence-electron chi connectivity index (χ0n) is 13.3. The molecule has 2 aliphatic heterocycles. The second-order valence-corrected chi connectivity index (χ2v) is 6.28. The first-order valence-corrected chi connectivity index (χ1v) is 7.88. The zero-order chi connectivity index (χ0) is 18.5. The SMILES string of the molecule is O=C1N(c2ccccc2)[C@H](c2ccc(F)cc2)[C@]12CC(C(F)(F)F)=NN2. The Hall–Kier alpha value is -2.90. The van der Waals surface area contributed by atoms with E-state index < -0.39 is 41.6 Å². The molecule has 2 atom stereocenters. The van der Waals surface area contributed by atoms with Crippen LogP contribution in [0, 0.1) is 5.82 Å². The average Bonchev–Trinajstić information content (AvgIpc) is 3.09. The topological polar surface area (TPSA) is 44.7 Å². The molecule has 1 amide bonds. The van der Waals surface area contributed by atoms with Gasteiger partial charge >= 0.3 is 6.18 Å². The number of nitrogens with one attached hydrogen (secondary N) is 1. The van der Waals surface area contributed by atoms with Gasteiger partial charge in [0, 0.05) is 12.1 Å². The number of hydrogen-bond donors (Lipinski definition) is 1. The summed E-state index contributed by atoms with van der Waals surface area (Å²) >= 11 is 0. The Balaban J connectivity index is 1.75. The molecule has 0 bridgehead atoms. The summed E-state index contributed by atoms with van der Waals surface area (Å²) in [7, 11) is 0. The quantitative estimate of drug-likeness (QED) is 0.655. The van der Waals surface area contributed by atoms with Gasteiger partial charge in [0.1, 0.15) is 11.5 Å². The van der Waals surface area contributed by atoms with Crippen LogP contribution >= 0.6 is 0 Å². The first kappa shape index (κ1) is 16.6. The minimum atomic E-state index is -4.61. The average molecular weight is 363 g/mol. The Morgan fingerprint density at radius 3 is 2.31 bits per heavy atom. The second-order valence-electron chi connectivity index (χ2n) is 6.28. The maximum atomic E-state index is 13.3. The van der Waals surface area contributed by atoms with Crippen molar-refractivity contribution in [2.75, 3.05) is 4.90 Å². The van der Waals surface area contributed by atoms with Gasteiger partial charge < -0.3 is 0 Å². The van der Waals surface area contributed by atoms with E-state index >= 15 is 0 Å². The van der Waals surface area contributed by atoms with Crippen molar-refractivity contribution in [3.05, 3.63) is 66.0 Å². The van der Waals surface area contributed by atoms with E-state index in [1.807, 2.05) is 0 Å². The van der Waals surface area contributed by atoms with Gasteiger partial charge in [0.2, 0.25) is 0 Å². The van der Waals surface area contributed by atoms with Crippen molar-refractivity contribution >= 4 is 17.3 Å². The van der Waals surface area contributed by atoms with Crippen LogP contribution in [0.4, 0.5) is 23.2 Å². The van der Waals surface area contributed by atoms with Crippen molar-refractivity contribution in [1.29, 1.82) is 0 Å². The number of rotatable bonds is 2. The summed E-state index contributed by atoms with van der Waals surface area (Å²) in [6, 6.07) is 13.3. The first-order valence-electron chi connectivity index (χ1n) is 7.88. The van der Waals surface area contributed by atoms with Crippen LogP contribution in [-0.4, -0.2) is 23.3 Å². The fraction of sp³-hybridized carbons (Fsp3) is 0.222. The van der Waals surface area contributed by atoms with Gasteiger partial charge in [-0.25, -0.2) is 4.39 Å². The highest BCUT2D eigenvalue weighted by molar-refractivity contribution is 6.13. The molecule has 0 unspecified atom stereocenters. The highest BCUT2D eigenvalue weighted by Gasteiger charge is 2.66. The van der Waals surface area contributed by atoms with Crippen molar-refractivity contribution in [3.63, 3.8) is 0 Å². The standard InChI is InChI=1S/C18H13F4N3O/c19-12-8-6-11(7-9-12)15-17(10-14(23-24-17)18(20,21)22)16(26)25(15)13-4-2-1-3-5-13/h1-9,15,24H,10H2/t15-,17-/m1/s1. The predicted molar refractivity (Wildman–Crippen MR) is 87.0 cm³/mol. The van der Waals surface area contributed by atoms with Crippen LogP contribution in [0.2, 0.25) is 0 Å². The minimum absolute atomic E-state index is 0.466. The molecule has 4 rings (SSSR count). The summed E-state index contributed by atoms with van der Waals surface area (Å²) in [5, 5.41) is 3.37. The number of amides is 1. The Bertz CT molecular complexity index is 880. The summed E-state index contributed by atoms with van der Waals surface area (Å²) < 4.78 is 52.4. The van der Waals surface area contributed by atoms with Crippen LogP contribution in [0.25, 0.3) is 0 Å². The third-order valence-electron chi connectivity index (χ3n) is 4.71. The van der Waals surface area contributed by atoms with Crippen molar-refractivity contribution in [2.24, 2.45) is 5.10 Å². The third kappa shape index (κ3) is 2.36. The molecule has 2 heterocycles. The molecule has 0 aromatic heterocycles. The highest BCUT2D eigenvalue weighted by Crippen LogP contribution is 2.50. The number of alkyl halides is 3. The molecule has 0 aliphatic carbocycles. The van der Waals surface area contributed by atoms with Gasteiger partial charge in [0.15, 0.2) is 5.54 Å². The van der Waals surface area contributed by atoms with Gasteiger partial charge in [-0.05, 0) is 29.8 Å². The van der Waals surface area contributed by atoms with Gasteiger partial charge in [-0.3, -0.25) is 15.1 Å². The Morgan fingerprint density at radius 1 is 1.08 bits per heavy atom. The molecule has 2 aromatic rings. The van der Waals surface area contributed by atoms with E-state index in [0.717, 1.165) is 0 Å². The molecular formula is C18H13F4N3O. The molecule has 2 aromatic carbocycles. The maximum absolute atomic E-state index is 13.3. The molecule has 134 valence electrons. The molecule has 8 heteroatoms. The molecule has 1 saturated heterocycles. The number of anilines is 1. The van der Waals surface area contributed by atoms with Crippen LogP contribution in [0.1, 0.15) is 18.0 Å². The van der Waals surface area contributed by atoms with Crippen LogP contribution in [0.3, 0.4) is 0 Å². The van der Waals surface area contributed by atoms with Crippen molar-refractivity contribution in [1.82, 2.24) is 5.43 Å². The summed E-state index contributed by atoms with van der Waals surface area (Å²) in [5.41, 5.74) is 0.968. The van der Waals surface area contributed by atoms with Gasteiger partial charge in [-0.1, -0.05) is 30.3 Å². The number of carbonyl (C=O) groups is 1. The molecule has 4 nitrogen and oxygen atoms in total. The smallest absolute Gasteiger partial charge is 0.300 e. The lowest BCUT2D eigenvalue weighted by Gasteiger charge is -2.54. The fourth-order valence-electron chi connectivity index (χ4n) is 3.49. The molecule has 1 N–H and O–H groups in total. The van der Waals surface area contributed by atoms with E-state index in [0.29, 0.717) is 11.3 Å². The number of para-hydroxylation sites is 1. The van der Waals surface area contributed by atoms with E-state index in [2.05, 4.69) is 10.5 Å². The van der Waals surface area contributed by atoms with E-state index in [1.54, 1.807) is 30.3 Å². The summed E-state index contributed by atoms with van der Waals surface area (Å²) in [5.74, 6) is -0.965. The zero-order valence-corrected chi connectivity index (χ0v) is 13.3. The number of hydrogen-bond acceptors (Lipinski definition) is 3. The molecular weight excluding hydrogens is 350 g/mol. The summed E-state index contributed by atoms with van der Waals surface area (Å²) in [6.45, 7) is 0. The van der Waals surface area contributed by atoms with Gasteiger partial charge in [0.25, 0.3) is 5.91 Å². The highest BCUT2D eigenvalue weighted by atomic mass is 19.4. The normalized spacial score (nSPS) is 25.1. The minimum Gasteiger partial charge on any atom is -0.300 e. The molecule has 0 saturated carbocycles. The van der Waals surface area contributed by atoms with Gasteiger partial charge in [-0.15, -0.1) is 0 Å². The number of nitrogens with zero attached hydrogens (tertiary/aromatic N) is 2. The largest absolute Gasteiger partial charge is 0.431 e. The summed E-state index contributed by atoms with van der Waals surface area (Å²) in [4.78, 5) is 14.3. The van der Waals surface area contributed by atoms with Gasteiger partial charge in [-0.2, -0.15) is 18.3 Å². The number of halogens is 4. The van der Waals surface area contributed by atoms with E-state index in [9.17, 15) is 22.4 Å². The van der Waals surface area contributed by atoms with Crippen molar-refractivity contribution in [2.45, 2.75) is 24.2 Å². The fourth-order valence-corrected chi connectivity index (χ4v) is 3.49. The molecule has 2 aliphatic rings. The van der Waals surface area contributed by atoms with E-state index in [1.165, 1.54) is 29.2 Å². The number of carbonyl (C=O) groups excluding carboxylic acids is 1. The van der Waals surface area contributed by atoms with Crippen LogP contribution < -0.4 is 10.3 Å². The Morgan fingerprint density at radius 2 is 1.73 bits per heavy atom. The predicted octanol–water partition coefficient (Wildman–Crippen LogP) is 3.56. The van der Waals surface area contributed by atoms with Crippen LogP contribution in [0.5, 0.6) is 0 Å². The van der Waals surface area contributed by atoms with Crippen LogP contribution in [0.15, 0.2) is 59.7 Å². The summed E-state index contributed by atoms with van der Waals surface area (Å²) in [6.07, 6.45) is -5.18. The lowest BCUT2D eigenvalue weighted by atomic mass is 9.72. The van der Waals surface area contributed by atoms with Crippen molar-refractivity contribution < 1.29 is 22.4 Å². The molecule has 1 spiro atoms. The number of benzene rings is 2. The monoisotopic (exact) mass is 363 g/mol. The number of hydrazone groups is 1. The lowest BCUT2D eigenvalue weighted by Crippen LogP contribution is -2.73. The lowest BCUT2D eigenvalue weighted by molar-refractivity contribution is -0.134. The van der Waals surface area contributed by atoms with E-state index in [-0.39, 0.29) is 0 Å². The second kappa shape index (κ2) is 5.55. The third-order valence-corrected chi connectivity index (χ3v) is 4.71. The number of β-lactam (4-membered cyclic amide) rings is 1. The first-order chi connectivity index (χ1) is 12.3. The Labute approximate surface area is 146 Å². The van der Waals surface area contributed by atoms with E-state index in [4.69, 9.17) is 0 Å². The molecule has 0 radical (unpaired) electrons. The van der Waals surface area contributed by atoms with Crippen molar-refractivity contribution in [3.8, 4) is 0 Å². The van der Waals surface area contributed by atoms with Gasteiger partial charge in [0.05, 0.1) is 6.04 Å². The molecule has 1 fully saturated rings. The maximum Gasteiger partial charge on any atom is 0.431 e.